The Morgan fingerprint density at radius 1 is 1.38 bits per heavy atom. The topological polar surface area (TPSA) is 64.4 Å². The van der Waals surface area contributed by atoms with E-state index in [1.807, 2.05) is 0 Å². The number of hydrogen-bond acceptors (Lipinski definition) is 3. The van der Waals surface area contributed by atoms with E-state index in [-0.39, 0.29) is 28.1 Å². The van der Waals surface area contributed by atoms with Crippen LogP contribution in [0.3, 0.4) is 0 Å². The van der Waals surface area contributed by atoms with Crippen LogP contribution in [0, 0.1) is 0 Å². The third-order valence-corrected chi connectivity index (χ3v) is 3.91. The van der Waals surface area contributed by atoms with Crippen LogP contribution in [0.2, 0.25) is 10.0 Å². The van der Waals surface area contributed by atoms with Crippen molar-refractivity contribution >= 4 is 34.8 Å². The Morgan fingerprint density at radius 2 is 1.95 bits per heavy atom. The second kappa shape index (κ2) is 6.34. The largest absolute Gasteiger partial charge is 0.432 e. The first-order valence-corrected chi connectivity index (χ1v) is 7.07. The minimum Gasteiger partial charge on any atom is -0.432 e. The van der Waals surface area contributed by atoms with Gasteiger partial charge >= 0.3 is 6.61 Å². The highest BCUT2D eigenvalue weighted by Gasteiger charge is 2.34. The monoisotopic (exact) mass is 338 g/mol. The average Bonchev–Trinajstić information content (AvgIpc) is 2.31. The van der Waals surface area contributed by atoms with E-state index < -0.39 is 12.2 Å². The molecular weight excluding hydrogens is 325 g/mol. The number of halogens is 4. The molecule has 21 heavy (non-hydrogen) atoms. The van der Waals surface area contributed by atoms with E-state index in [0.717, 1.165) is 19.3 Å². The summed E-state index contributed by atoms with van der Waals surface area (Å²) in [6.45, 7) is -3.03. The Kier molecular flexibility index (Phi) is 4.91. The molecule has 1 saturated carbocycles. The van der Waals surface area contributed by atoms with Crippen LogP contribution < -0.4 is 15.8 Å². The van der Waals surface area contributed by atoms with Crippen molar-refractivity contribution in [1.29, 1.82) is 0 Å². The van der Waals surface area contributed by atoms with Gasteiger partial charge in [0.2, 0.25) is 5.91 Å². The highest BCUT2D eigenvalue weighted by molar-refractivity contribution is 6.37. The SMILES string of the molecule is NC1(CC(=O)Nc2cc(Cl)c(OC(F)F)c(Cl)c2)CCC1. The summed E-state index contributed by atoms with van der Waals surface area (Å²) >= 11 is 11.6. The molecule has 0 saturated heterocycles. The van der Waals surface area contributed by atoms with E-state index in [4.69, 9.17) is 28.9 Å². The van der Waals surface area contributed by atoms with Gasteiger partial charge in [-0.25, -0.2) is 0 Å². The third kappa shape index (κ3) is 4.18. The molecule has 0 unspecified atom stereocenters. The molecule has 0 aliphatic heterocycles. The number of nitrogens with one attached hydrogen (secondary N) is 1. The van der Waals surface area contributed by atoms with Gasteiger partial charge in [0, 0.05) is 17.6 Å². The lowest BCUT2D eigenvalue weighted by Gasteiger charge is -2.37. The number of alkyl halides is 2. The van der Waals surface area contributed by atoms with Crippen molar-refractivity contribution in [3.8, 4) is 5.75 Å². The Hall–Kier alpha value is -1.11. The smallest absolute Gasteiger partial charge is 0.387 e. The number of nitrogens with two attached hydrogens (primary N) is 1. The van der Waals surface area contributed by atoms with Gasteiger partial charge in [-0.1, -0.05) is 23.2 Å². The van der Waals surface area contributed by atoms with E-state index in [9.17, 15) is 13.6 Å². The molecule has 1 fully saturated rings. The number of ether oxygens (including phenoxy) is 1. The zero-order valence-electron chi connectivity index (χ0n) is 11.0. The van der Waals surface area contributed by atoms with Gasteiger partial charge in [-0.15, -0.1) is 0 Å². The first-order chi connectivity index (χ1) is 9.79. The molecule has 1 aromatic carbocycles. The van der Waals surface area contributed by atoms with Gasteiger partial charge in [0.25, 0.3) is 0 Å². The average molecular weight is 339 g/mol. The van der Waals surface area contributed by atoms with Crippen LogP contribution in [0.4, 0.5) is 14.5 Å². The lowest BCUT2D eigenvalue weighted by Crippen LogP contribution is -2.48. The maximum atomic E-state index is 12.2. The maximum absolute atomic E-state index is 12.2. The molecule has 0 radical (unpaired) electrons. The first kappa shape index (κ1) is 16.3. The fourth-order valence-electron chi connectivity index (χ4n) is 2.17. The molecule has 0 atom stereocenters. The summed E-state index contributed by atoms with van der Waals surface area (Å²) in [5.74, 6) is -0.590. The van der Waals surface area contributed by atoms with Gasteiger partial charge in [0.1, 0.15) is 0 Å². The summed E-state index contributed by atoms with van der Waals surface area (Å²) in [6, 6.07) is 2.60. The molecule has 4 nitrogen and oxygen atoms in total. The van der Waals surface area contributed by atoms with Crippen molar-refractivity contribution in [2.24, 2.45) is 5.73 Å². The Balaban J connectivity index is 2.05. The normalized spacial score (nSPS) is 16.5. The summed E-state index contributed by atoms with van der Waals surface area (Å²) in [6.07, 6.45) is 2.82. The molecule has 0 spiro atoms. The Labute approximate surface area is 130 Å². The molecule has 2 rings (SSSR count). The summed E-state index contributed by atoms with van der Waals surface area (Å²) in [5.41, 5.74) is 5.84. The van der Waals surface area contributed by atoms with Crippen molar-refractivity contribution in [2.45, 2.75) is 37.8 Å². The van der Waals surface area contributed by atoms with E-state index in [0.29, 0.717) is 5.69 Å². The zero-order valence-corrected chi connectivity index (χ0v) is 12.5. The van der Waals surface area contributed by atoms with Crippen LogP contribution in [-0.2, 0) is 4.79 Å². The van der Waals surface area contributed by atoms with E-state index >= 15 is 0 Å². The summed E-state index contributed by atoms with van der Waals surface area (Å²) in [4.78, 5) is 11.9. The van der Waals surface area contributed by atoms with Crippen LogP contribution in [0.1, 0.15) is 25.7 Å². The summed E-state index contributed by atoms with van der Waals surface area (Å²) in [5, 5.41) is 2.38. The number of amides is 1. The van der Waals surface area contributed by atoms with Crippen LogP contribution in [0.15, 0.2) is 12.1 Å². The third-order valence-electron chi connectivity index (χ3n) is 3.35. The van der Waals surface area contributed by atoms with Gasteiger partial charge in [-0.05, 0) is 31.4 Å². The van der Waals surface area contributed by atoms with Gasteiger partial charge in [-0.3, -0.25) is 4.79 Å². The van der Waals surface area contributed by atoms with Crippen molar-refractivity contribution in [3.63, 3.8) is 0 Å². The molecule has 1 aliphatic carbocycles. The number of carbonyl (C=O) groups is 1. The fourth-order valence-corrected chi connectivity index (χ4v) is 2.74. The molecule has 1 aliphatic rings. The second-order valence-electron chi connectivity index (χ2n) is 5.09. The van der Waals surface area contributed by atoms with Crippen LogP contribution in [0.5, 0.6) is 5.75 Å². The maximum Gasteiger partial charge on any atom is 0.387 e. The number of anilines is 1. The van der Waals surface area contributed by atoms with Crippen molar-refractivity contribution < 1.29 is 18.3 Å². The van der Waals surface area contributed by atoms with E-state index in [1.54, 1.807) is 0 Å². The van der Waals surface area contributed by atoms with Crippen molar-refractivity contribution in [3.05, 3.63) is 22.2 Å². The standard InChI is InChI=1S/C13H14Cl2F2N2O2/c14-8-4-7(5-9(15)11(8)21-12(16)17)19-10(20)6-13(18)2-1-3-13/h4-5,12H,1-3,6,18H2,(H,19,20). The van der Waals surface area contributed by atoms with Gasteiger partial charge in [0.05, 0.1) is 10.0 Å². The molecule has 0 bridgehead atoms. The van der Waals surface area contributed by atoms with Gasteiger partial charge in [0.15, 0.2) is 5.75 Å². The number of carbonyl (C=O) groups excluding carboxylic acids is 1. The highest BCUT2D eigenvalue weighted by atomic mass is 35.5. The zero-order chi connectivity index (χ0) is 15.6. The van der Waals surface area contributed by atoms with Crippen LogP contribution in [-0.4, -0.2) is 18.1 Å². The highest BCUT2D eigenvalue weighted by Crippen LogP contribution is 2.37. The molecule has 8 heteroatoms. The van der Waals surface area contributed by atoms with Crippen molar-refractivity contribution in [2.75, 3.05) is 5.32 Å². The molecule has 116 valence electrons. The fraction of sp³-hybridized carbons (Fsp3) is 0.462. The Bertz CT molecular complexity index is 528. The summed E-state index contributed by atoms with van der Waals surface area (Å²) in [7, 11) is 0. The van der Waals surface area contributed by atoms with Crippen LogP contribution >= 0.6 is 23.2 Å². The first-order valence-electron chi connectivity index (χ1n) is 6.32. The molecule has 0 aromatic heterocycles. The van der Waals surface area contributed by atoms with Gasteiger partial charge < -0.3 is 15.8 Å². The minimum atomic E-state index is -3.03. The molecule has 0 heterocycles. The van der Waals surface area contributed by atoms with Crippen molar-refractivity contribution in [1.82, 2.24) is 0 Å². The van der Waals surface area contributed by atoms with E-state index in [2.05, 4.69) is 10.1 Å². The second-order valence-corrected chi connectivity index (χ2v) is 5.90. The number of hydrogen-bond donors (Lipinski definition) is 2. The summed E-state index contributed by atoms with van der Waals surface area (Å²) < 4.78 is 28.6. The quantitative estimate of drug-likeness (QED) is 0.858. The van der Waals surface area contributed by atoms with Gasteiger partial charge in [-0.2, -0.15) is 8.78 Å². The molecule has 1 aromatic rings. The lowest BCUT2D eigenvalue weighted by molar-refractivity contribution is -0.118. The Morgan fingerprint density at radius 3 is 2.38 bits per heavy atom. The molecular formula is C13H14Cl2F2N2O2. The predicted molar refractivity (Wildman–Crippen MR) is 77.1 cm³/mol. The minimum absolute atomic E-state index is 0.107. The molecule has 1 amide bonds. The lowest BCUT2D eigenvalue weighted by atomic mass is 9.75. The number of benzene rings is 1. The predicted octanol–water partition coefficient (Wildman–Crippen LogP) is 3.80. The number of rotatable bonds is 5. The van der Waals surface area contributed by atoms with Crippen LogP contribution in [0.25, 0.3) is 0 Å². The van der Waals surface area contributed by atoms with E-state index in [1.165, 1.54) is 12.1 Å². The molecule has 3 N–H and O–H groups in total.